The number of nitrogens with one attached hydrogen (secondary N) is 1. The van der Waals surface area contributed by atoms with E-state index in [1.165, 1.54) is 23.0 Å². The highest BCUT2D eigenvalue weighted by molar-refractivity contribution is 7.90. The SMILES string of the molecule is CCn1[nH]cc(C(=O)c2ccc(S(C)(=O)=O)c(OCC3(C)COC3)c2C)c1=O. The van der Waals surface area contributed by atoms with Crippen LogP contribution in [0.2, 0.25) is 0 Å². The van der Waals surface area contributed by atoms with Gasteiger partial charge in [-0.25, -0.2) is 8.42 Å². The maximum absolute atomic E-state index is 12.9. The van der Waals surface area contributed by atoms with Crippen molar-refractivity contribution < 1.29 is 22.7 Å². The van der Waals surface area contributed by atoms with E-state index in [4.69, 9.17) is 9.47 Å². The number of aromatic nitrogens is 2. The molecule has 1 fully saturated rings. The maximum atomic E-state index is 12.9. The van der Waals surface area contributed by atoms with E-state index in [1.807, 2.05) is 6.92 Å². The van der Waals surface area contributed by atoms with Crippen LogP contribution in [-0.2, 0) is 21.1 Å². The molecule has 2 heterocycles. The predicted octanol–water partition coefficient (Wildman–Crippen LogP) is 1.55. The van der Waals surface area contributed by atoms with Crippen molar-refractivity contribution in [3.05, 3.63) is 45.4 Å². The number of aromatic amines is 1. The number of H-pyrrole nitrogens is 1. The fourth-order valence-corrected chi connectivity index (χ4v) is 3.98. The Balaban J connectivity index is 2.05. The second-order valence-electron chi connectivity index (χ2n) is 7.50. The highest BCUT2D eigenvalue weighted by Gasteiger charge is 2.35. The van der Waals surface area contributed by atoms with Crippen molar-refractivity contribution in [3.8, 4) is 5.75 Å². The molecule has 3 rings (SSSR count). The molecule has 0 aliphatic carbocycles. The van der Waals surface area contributed by atoms with Crippen LogP contribution in [0, 0.1) is 12.3 Å². The number of aryl methyl sites for hydroxylation is 1. The number of sulfone groups is 1. The molecule has 0 radical (unpaired) electrons. The zero-order chi connectivity index (χ0) is 20.7. The predicted molar refractivity (Wildman–Crippen MR) is 103 cm³/mol. The minimum atomic E-state index is -3.57. The van der Waals surface area contributed by atoms with Crippen LogP contribution >= 0.6 is 0 Å². The van der Waals surface area contributed by atoms with Crippen LogP contribution in [0.3, 0.4) is 0 Å². The van der Waals surface area contributed by atoms with Gasteiger partial charge in [0, 0.05) is 35.5 Å². The molecule has 0 amide bonds. The first kappa shape index (κ1) is 20.3. The third kappa shape index (κ3) is 3.64. The lowest BCUT2D eigenvalue weighted by atomic mass is 9.90. The molecule has 0 bridgehead atoms. The van der Waals surface area contributed by atoms with Gasteiger partial charge in [-0.05, 0) is 26.0 Å². The van der Waals surface area contributed by atoms with E-state index in [0.29, 0.717) is 25.3 Å². The molecule has 1 aliphatic heterocycles. The molecule has 1 aromatic heterocycles. The van der Waals surface area contributed by atoms with E-state index in [2.05, 4.69) is 5.10 Å². The second kappa shape index (κ2) is 7.21. The lowest BCUT2D eigenvalue weighted by Crippen LogP contribution is -2.44. The Bertz CT molecular complexity index is 1080. The number of rotatable bonds is 7. The third-order valence-electron chi connectivity index (χ3n) is 4.88. The number of hydrogen-bond donors (Lipinski definition) is 1. The van der Waals surface area contributed by atoms with Crippen molar-refractivity contribution in [2.75, 3.05) is 26.1 Å². The van der Waals surface area contributed by atoms with Gasteiger partial charge in [0.2, 0.25) is 5.78 Å². The normalized spacial score (nSPS) is 15.9. The van der Waals surface area contributed by atoms with Gasteiger partial charge < -0.3 is 14.6 Å². The van der Waals surface area contributed by atoms with Crippen LogP contribution in [0.4, 0.5) is 0 Å². The molecule has 1 saturated heterocycles. The van der Waals surface area contributed by atoms with Gasteiger partial charge in [0.1, 0.15) is 16.2 Å². The Morgan fingerprint density at radius 3 is 2.50 bits per heavy atom. The van der Waals surface area contributed by atoms with Crippen LogP contribution in [-0.4, -0.2) is 50.1 Å². The molecule has 0 atom stereocenters. The van der Waals surface area contributed by atoms with Crippen LogP contribution in [0.1, 0.15) is 35.3 Å². The minimum absolute atomic E-state index is 0.00219. The second-order valence-corrected chi connectivity index (χ2v) is 9.48. The molecule has 0 saturated carbocycles. The van der Waals surface area contributed by atoms with Crippen LogP contribution in [0.15, 0.2) is 28.0 Å². The van der Waals surface area contributed by atoms with Gasteiger partial charge in [0.25, 0.3) is 5.56 Å². The van der Waals surface area contributed by atoms with Crippen molar-refractivity contribution in [1.82, 2.24) is 9.78 Å². The molecule has 9 heteroatoms. The summed E-state index contributed by atoms with van der Waals surface area (Å²) >= 11 is 0. The summed E-state index contributed by atoms with van der Waals surface area (Å²) in [6.07, 6.45) is 2.46. The van der Waals surface area contributed by atoms with Gasteiger partial charge in [-0.2, -0.15) is 0 Å². The van der Waals surface area contributed by atoms with E-state index in [0.717, 1.165) is 6.26 Å². The number of ether oxygens (including phenoxy) is 2. The smallest absolute Gasteiger partial charge is 0.277 e. The summed E-state index contributed by atoms with van der Waals surface area (Å²) in [5.74, 6) is -0.332. The van der Waals surface area contributed by atoms with Crippen molar-refractivity contribution >= 4 is 15.6 Å². The van der Waals surface area contributed by atoms with E-state index in [9.17, 15) is 18.0 Å². The number of ketones is 1. The molecule has 2 aromatic rings. The highest BCUT2D eigenvalue weighted by atomic mass is 32.2. The monoisotopic (exact) mass is 408 g/mol. The average molecular weight is 408 g/mol. The Morgan fingerprint density at radius 2 is 2.00 bits per heavy atom. The van der Waals surface area contributed by atoms with Gasteiger partial charge in [-0.3, -0.25) is 14.3 Å². The Kier molecular flexibility index (Phi) is 5.24. The van der Waals surface area contributed by atoms with E-state index in [1.54, 1.807) is 13.8 Å². The maximum Gasteiger partial charge on any atom is 0.277 e. The first-order chi connectivity index (χ1) is 13.1. The summed E-state index contributed by atoms with van der Waals surface area (Å²) in [4.78, 5) is 25.3. The van der Waals surface area contributed by atoms with Crippen molar-refractivity contribution in [3.63, 3.8) is 0 Å². The average Bonchev–Trinajstić information content (AvgIpc) is 2.98. The molecule has 152 valence electrons. The van der Waals surface area contributed by atoms with Gasteiger partial charge in [-0.15, -0.1) is 0 Å². The standard InChI is InChI=1S/C19H24N2O6S/c1-5-21-18(23)14(8-20-21)16(22)13-6-7-15(28(4,24)25)17(12(13)2)27-11-19(3)9-26-10-19/h6-8,20H,5,9-11H2,1-4H3. The molecule has 8 nitrogen and oxygen atoms in total. The highest BCUT2D eigenvalue weighted by Crippen LogP contribution is 2.34. The topological polar surface area (TPSA) is 107 Å². The summed E-state index contributed by atoms with van der Waals surface area (Å²) in [6, 6.07) is 2.79. The molecule has 28 heavy (non-hydrogen) atoms. The number of carbonyl (C=O) groups excluding carboxylic acids is 1. The number of carbonyl (C=O) groups is 1. The minimum Gasteiger partial charge on any atom is -0.491 e. The molecular weight excluding hydrogens is 384 g/mol. The van der Waals surface area contributed by atoms with Crippen molar-refractivity contribution in [2.24, 2.45) is 5.41 Å². The van der Waals surface area contributed by atoms with Crippen LogP contribution in [0.25, 0.3) is 0 Å². The Labute approximate surface area is 163 Å². The first-order valence-corrected chi connectivity index (χ1v) is 10.8. The lowest BCUT2D eigenvalue weighted by Gasteiger charge is -2.37. The molecule has 0 unspecified atom stereocenters. The van der Waals surface area contributed by atoms with Gasteiger partial charge >= 0.3 is 0 Å². The molecule has 1 aliphatic rings. The fraction of sp³-hybridized carbons (Fsp3) is 0.474. The summed E-state index contributed by atoms with van der Waals surface area (Å²) in [5, 5.41) is 2.75. The van der Waals surface area contributed by atoms with Crippen molar-refractivity contribution in [2.45, 2.75) is 32.2 Å². The number of nitrogens with zero attached hydrogens (tertiary/aromatic N) is 1. The first-order valence-electron chi connectivity index (χ1n) is 8.94. The van der Waals surface area contributed by atoms with E-state index < -0.39 is 21.2 Å². The number of hydrogen-bond acceptors (Lipinski definition) is 6. The van der Waals surface area contributed by atoms with Crippen LogP contribution < -0.4 is 10.3 Å². The largest absolute Gasteiger partial charge is 0.491 e. The molecule has 1 N–H and O–H groups in total. The Morgan fingerprint density at radius 1 is 1.32 bits per heavy atom. The lowest BCUT2D eigenvalue weighted by molar-refractivity contribution is -0.120. The molecule has 0 spiro atoms. The zero-order valence-corrected chi connectivity index (χ0v) is 17.2. The van der Waals surface area contributed by atoms with E-state index >= 15 is 0 Å². The number of benzene rings is 1. The fourth-order valence-electron chi connectivity index (χ4n) is 3.12. The quantitative estimate of drug-likeness (QED) is 0.697. The summed E-state index contributed by atoms with van der Waals surface area (Å²) in [6.45, 7) is 7.12. The van der Waals surface area contributed by atoms with Gasteiger partial charge in [0.15, 0.2) is 9.84 Å². The molecular formula is C19H24N2O6S. The van der Waals surface area contributed by atoms with Crippen LogP contribution in [0.5, 0.6) is 5.75 Å². The summed E-state index contributed by atoms with van der Waals surface area (Å²) < 4.78 is 36.8. The Hall–Kier alpha value is -2.39. The van der Waals surface area contributed by atoms with Gasteiger partial charge in [0.05, 0.1) is 19.8 Å². The zero-order valence-electron chi connectivity index (χ0n) is 16.4. The third-order valence-corrected chi connectivity index (χ3v) is 6.00. The molecule has 1 aromatic carbocycles. The van der Waals surface area contributed by atoms with Gasteiger partial charge in [-0.1, -0.05) is 6.92 Å². The van der Waals surface area contributed by atoms with Crippen molar-refractivity contribution in [1.29, 1.82) is 0 Å². The van der Waals surface area contributed by atoms with E-state index in [-0.39, 0.29) is 33.8 Å². The summed E-state index contributed by atoms with van der Waals surface area (Å²) in [7, 11) is -3.57. The summed E-state index contributed by atoms with van der Waals surface area (Å²) in [5.41, 5.74) is 0.0108.